The van der Waals surface area contributed by atoms with Gasteiger partial charge in [-0.25, -0.2) is 9.78 Å². The summed E-state index contributed by atoms with van der Waals surface area (Å²) < 4.78 is 12.1. The number of fused-ring (bicyclic) bond motifs is 4. The average Bonchev–Trinajstić information content (AvgIpc) is 3.37. The van der Waals surface area contributed by atoms with Gasteiger partial charge in [-0.3, -0.25) is 0 Å². The van der Waals surface area contributed by atoms with Crippen molar-refractivity contribution in [2.24, 2.45) is 0 Å². The zero-order chi connectivity index (χ0) is 22.4. The molecule has 174 valence electrons. The van der Waals surface area contributed by atoms with Gasteiger partial charge in [-0.2, -0.15) is 4.98 Å². The van der Waals surface area contributed by atoms with Crippen molar-refractivity contribution >= 4 is 23.5 Å². The lowest BCUT2D eigenvalue weighted by atomic mass is 10.1. The molecule has 0 radical (unpaired) electrons. The number of hydrogen-bond acceptors (Lipinski definition) is 7. The number of aromatic nitrogens is 2. The van der Waals surface area contributed by atoms with Crippen molar-refractivity contribution in [1.82, 2.24) is 15.3 Å². The Labute approximate surface area is 193 Å². The highest BCUT2D eigenvalue weighted by molar-refractivity contribution is 5.89. The van der Waals surface area contributed by atoms with E-state index in [1.54, 1.807) is 7.05 Å². The molecule has 0 spiro atoms. The lowest BCUT2D eigenvalue weighted by Crippen LogP contribution is -2.45. The fraction of sp³-hybridized carbons (Fsp3) is 0.542. The zero-order valence-corrected chi connectivity index (χ0v) is 18.9. The van der Waals surface area contributed by atoms with E-state index in [2.05, 4.69) is 26.5 Å². The Morgan fingerprint density at radius 2 is 1.45 bits per heavy atom. The molecule has 4 bridgehead atoms. The van der Waals surface area contributed by atoms with Gasteiger partial charge in [-0.15, -0.1) is 0 Å². The largest absolute Gasteiger partial charge is 0.371 e. The van der Waals surface area contributed by atoms with E-state index >= 15 is 0 Å². The molecule has 2 amide bonds. The number of hydrogen-bond donors (Lipinski definition) is 2. The summed E-state index contributed by atoms with van der Waals surface area (Å²) in [5.74, 6) is 1.73. The lowest BCUT2D eigenvalue weighted by molar-refractivity contribution is 0.0295. The molecule has 0 aliphatic carbocycles. The van der Waals surface area contributed by atoms with Crippen LogP contribution in [-0.4, -0.2) is 73.6 Å². The van der Waals surface area contributed by atoms with E-state index in [9.17, 15) is 4.79 Å². The highest BCUT2D eigenvalue weighted by atomic mass is 16.5. The Hall–Kier alpha value is -2.91. The van der Waals surface area contributed by atoms with Crippen LogP contribution in [0.2, 0.25) is 0 Å². The van der Waals surface area contributed by atoms with E-state index < -0.39 is 0 Å². The molecular weight excluding hydrogens is 420 g/mol. The highest BCUT2D eigenvalue weighted by Gasteiger charge is 2.37. The Morgan fingerprint density at radius 1 is 0.879 bits per heavy atom. The van der Waals surface area contributed by atoms with Gasteiger partial charge in [0.05, 0.1) is 30.1 Å². The predicted molar refractivity (Wildman–Crippen MR) is 126 cm³/mol. The molecule has 4 aliphatic heterocycles. The molecule has 4 unspecified atom stereocenters. The first-order valence-electron chi connectivity index (χ1n) is 11.9. The number of rotatable bonds is 4. The molecule has 33 heavy (non-hydrogen) atoms. The van der Waals surface area contributed by atoms with E-state index in [1.807, 2.05) is 24.3 Å². The molecule has 2 N–H and O–H groups in total. The van der Waals surface area contributed by atoms with E-state index in [4.69, 9.17) is 19.4 Å². The summed E-state index contributed by atoms with van der Waals surface area (Å²) in [6.07, 6.45) is 5.60. The van der Waals surface area contributed by atoms with Crippen molar-refractivity contribution in [2.75, 3.05) is 48.3 Å². The molecule has 1 aromatic carbocycles. The van der Waals surface area contributed by atoms with E-state index in [0.717, 1.165) is 80.6 Å². The maximum Gasteiger partial charge on any atom is 0.318 e. The first kappa shape index (κ1) is 20.7. The number of nitrogens with one attached hydrogen (secondary N) is 2. The Bertz CT molecular complexity index is 959. The summed E-state index contributed by atoms with van der Waals surface area (Å²) in [6.45, 7) is 3.41. The van der Waals surface area contributed by atoms with Gasteiger partial charge in [-0.1, -0.05) is 12.1 Å². The maximum atomic E-state index is 11.6. The average molecular weight is 451 g/mol. The van der Waals surface area contributed by atoms with Crippen LogP contribution in [-0.2, 0) is 9.47 Å². The quantitative estimate of drug-likeness (QED) is 0.740. The third-order valence-corrected chi connectivity index (χ3v) is 7.06. The number of nitrogens with zero attached hydrogens (tertiary/aromatic N) is 4. The molecule has 4 atom stereocenters. The number of anilines is 3. The molecule has 4 saturated heterocycles. The second-order valence-corrected chi connectivity index (χ2v) is 9.42. The molecule has 4 fully saturated rings. The summed E-state index contributed by atoms with van der Waals surface area (Å²) >= 11 is 0. The van der Waals surface area contributed by atoms with Crippen LogP contribution in [0, 0.1) is 0 Å². The van der Waals surface area contributed by atoms with Crippen molar-refractivity contribution in [3.05, 3.63) is 30.3 Å². The van der Waals surface area contributed by atoms with E-state index in [0.29, 0.717) is 12.2 Å². The fourth-order valence-corrected chi connectivity index (χ4v) is 5.37. The van der Waals surface area contributed by atoms with Gasteiger partial charge in [0, 0.05) is 50.5 Å². The third kappa shape index (κ3) is 4.22. The van der Waals surface area contributed by atoms with Crippen LogP contribution in [0.25, 0.3) is 11.3 Å². The highest BCUT2D eigenvalue weighted by Crippen LogP contribution is 2.34. The Morgan fingerprint density at radius 3 is 2.03 bits per heavy atom. The second kappa shape index (κ2) is 8.46. The molecule has 6 rings (SSSR count). The number of urea groups is 1. The van der Waals surface area contributed by atoms with Crippen LogP contribution >= 0.6 is 0 Å². The lowest BCUT2D eigenvalue weighted by Gasteiger charge is -2.35. The fourth-order valence-electron chi connectivity index (χ4n) is 5.37. The molecule has 0 saturated carbocycles. The number of morpholine rings is 2. The van der Waals surface area contributed by atoms with Gasteiger partial charge in [0.1, 0.15) is 5.82 Å². The van der Waals surface area contributed by atoms with Crippen LogP contribution in [0.5, 0.6) is 0 Å². The first-order valence-corrected chi connectivity index (χ1v) is 11.9. The third-order valence-electron chi connectivity index (χ3n) is 7.06. The Kier molecular flexibility index (Phi) is 5.30. The smallest absolute Gasteiger partial charge is 0.318 e. The molecule has 5 heterocycles. The summed E-state index contributed by atoms with van der Waals surface area (Å²) in [6, 6.07) is 9.63. The summed E-state index contributed by atoms with van der Waals surface area (Å²) in [5, 5.41) is 5.37. The maximum absolute atomic E-state index is 11.6. The van der Waals surface area contributed by atoms with Gasteiger partial charge < -0.3 is 29.9 Å². The van der Waals surface area contributed by atoms with Crippen molar-refractivity contribution in [3.8, 4) is 11.3 Å². The van der Waals surface area contributed by atoms with Gasteiger partial charge in [0.15, 0.2) is 0 Å². The number of amides is 2. The van der Waals surface area contributed by atoms with Crippen LogP contribution in [0.3, 0.4) is 0 Å². The van der Waals surface area contributed by atoms with E-state index in [1.165, 1.54) is 0 Å². The van der Waals surface area contributed by atoms with Crippen molar-refractivity contribution in [3.63, 3.8) is 0 Å². The van der Waals surface area contributed by atoms with Gasteiger partial charge >= 0.3 is 6.03 Å². The zero-order valence-electron chi connectivity index (χ0n) is 18.9. The SMILES string of the molecule is CNC(=O)Nc1ccc(-c2cc(N3CC4CCC(C3)O4)nc(N3CC4CCC(C3)O4)n2)cc1. The summed E-state index contributed by atoms with van der Waals surface area (Å²) in [4.78, 5) is 26.3. The number of carbonyl (C=O) groups is 1. The number of carbonyl (C=O) groups excluding carboxylic acids is 1. The predicted octanol–water partition coefficient (Wildman–Crippen LogP) is 2.63. The molecular formula is C24H30N6O3. The van der Waals surface area contributed by atoms with Crippen LogP contribution in [0.15, 0.2) is 30.3 Å². The normalized spacial score (nSPS) is 28.2. The monoisotopic (exact) mass is 450 g/mol. The van der Waals surface area contributed by atoms with Crippen molar-refractivity contribution in [2.45, 2.75) is 50.1 Å². The minimum absolute atomic E-state index is 0.238. The first-order chi connectivity index (χ1) is 16.1. The second-order valence-electron chi connectivity index (χ2n) is 9.42. The van der Waals surface area contributed by atoms with Crippen LogP contribution in [0.4, 0.5) is 22.2 Å². The van der Waals surface area contributed by atoms with Gasteiger partial charge in [-0.05, 0) is 37.8 Å². The number of ether oxygens (including phenoxy) is 2. The number of benzene rings is 1. The molecule has 2 aromatic rings. The van der Waals surface area contributed by atoms with Crippen LogP contribution < -0.4 is 20.4 Å². The summed E-state index contributed by atoms with van der Waals surface area (Å²) in [7, 11) is 1.60. The van der Waals surface area contributed by atoms with Gasteiger partial charge in [0.2, 0.25) is 5.95 Å². The standard InChI is InChI=1S/C24H30N6O3/c1-25-24(31)26-16-4-2-15(3-5-16)21-10-22(29-11-17-6-7-18(12-29)32-17)28-23(27-21)30-13-19-8-9-20(14-30)33-19/h2-5,10,17-20H,6-9,11-14H2,1H3,(H2,25,26,31). The molecule has 1 aromatic heterocycles. The van der Waals surface area contributed by atoms with Crippen LogP contribution in [0.1, 0.15) is 25.7 Å². The summed E-state index contributed by atoms with van der Waals surface area (Å²) in [5.41, 5.74) is 2.62. The molecule has 4 aliphatic rings. The minimum atomic E-state index is -0.238. The molecule has 9 nitrogen and oxygen atoms in total. The topological polar surface area (TPSA) is 91.9 Å². The van der Waals surface area contributed by atoms with Crippen molar-refractivity contribution < 1.29 is 14.3 Å². The van der Waals surface area contributed by atoms with E-state index in [-0.39, 0.29) is 18.2 Å². The van der Waals surface area contributed by atoms with Gasteiger partial charge in [0.25, 0.3) is 0 Å². The molecule has 9 heteroatoms. The van der Waals surface area contributed by atoms with Crippen molar-refractivity contribution in [1.29, 1.82) is 0 Å². The Balaban J connectivity index is 1.33. The minimum Gasteiger partial charge on any atom is -0.371 e.